The second-order valence-corrected chi connectivity index (χ2v) is 8.17. The molecule has 5 heteroatoms. The molecule has 0 N–H and O–H groups in total. The summed E-state index contributed by atoms with van der Waals surface area (Å²) in [5.41, 5.74) is 0.0892. The van der Waals surface area contributed by atoms with Crippen LogP contribution in [0.25, 0.3) is 0 Å². The Labute approximate surface area is 187 Å². The molecular formula is C26H38N2O3. The van der Waals surface area contributed by atoms with Crippen LogP contribution in [0.1, 0.15) is 72.1 Å². The van der Waals surface area contributed by atoms with Gasteiger partial charge in [-0.3, -0.25) is 0 Å². The average molecular weight is 427 g/mol. The van der Waals surface area contributed by atoms with Gasteiger partial charge in [0.15, 0.2) is 6.10 Å². The van der Waals surface area contributed by atoms with Crippen LogP contribution in [0.3, 0.4) is 0 Å². The van der Waals surface area contributed by atoms with E-state index in [4.69, 9.17) is 9.47 Å². The minimum absolute atomic E-state index is 0.162. The number of carbonyl (C=O) groups is 1. The molecule has 170 valence electrons. The number of azo groups is 1. The summed E-state index contributed by atoms with van der Waals surface area (Å²) < 4.78 is 11.6. The molecule has 0 saturated carbocycles. The zero-order valence-electron chi connectivity index (χ0n) is 19.3. The highest BCUT2D eigenvalue weighted by molar-refractivity contribution is 5.75. The third-order valence-corrected chi connectivity index (χ3v) is 5.37. The number of ether oxygens (including phenoxy) is 2. The van der Waals surface area contributed by atoms with E-state index in [1.165, 1.54) is 19.3 Å². The molecule has 1 aliphatic carbocycles. The van der Waals surface area contributed by atoms with Gasteiger partial charge in [0.1, 0.15) is 11.6 Å². The number of esters is 1. The third-order valence-electron chi connectivity index (χ3n) is 5.37. The summed E-state index contributed by atoms with van der Waals surface area (Å²) in [5, 5.41) is 8.69. The van der Waals surface area contributed by atoms with Gasteiger partial charge in [0.25, 0.3) is 0 Å². The zero-order valence-corrected chi connectivity index (χ0v) is 19.3. The molecule has 0 heterocycles. The first-order chi connectivity index (χ1) is 15.1. The number of nitrogens with zero attached hydrogens (tertiary/aromatic N) is 2. The van der Waals surface area contributed by atoms with Crippen LogP contribution in [-0.2, 0) is 14.3 Å². The van der Waals surface area contributed by atoms with Crippen molar-refractivity contribution in [1.82, 2.24) is 0 Å². The molecule has 0 spiro atoms. The molecule has 0 radical (unpaired) electrons. The molecule has 31 heavy (non-hydrogen) atoms. The molecule has 0 saturated heterocycles. The van der Waals surface area contributed by atoms with Gasteiger partial charge in [0, 0.05) is 6.61 Å². The van der Waals surface area contributed by atoms with E-state index >= 15 is 0 Å². The van der Waals surface area contributed by atoms with Gasteiger partial charge in [-0.15, -0.1) is 0 Å². The number of benzene rings is 1. The predicted octanol–water partition coefficient (Wildman–Crippen LogP) is 7.11. The van der Waals surface area contributed by atoms with Crippen molar-refractivity contribution in [3.63, 3.8) is 0 Å². The molecule has 0 aromatic heterocycles. The predicted molar refractivity (Wildman–Crippen MR) is 126 cm³/mol. The summed E-state index contributed by atoms with van der Waals surface area (Å²) in [6.07, 6.45) is 15.8. The lowest BCUT2D eigenvalue weighted by atomic mass is 9.90. The van der Waals surface area contributed by atoms with Crippen molar-refractivity contribution < 1.29 is 14.3 Å². The van der Waals surface area contributed by atoms with Gasteiger partial charge in [-0.05, 0) is 50.5 Å². The van der Waals surface area contributed by atoms with Crippen LogP contribution >= 0.6 is 0 Å². The van der Waals surface area contributed by atoms with Crippen LogP contribution < -0.4 is 0 Å². The van der Waals surface area contributed by atoms with Crippen LogP contribution in [0, 0.1) is 0 Å². The summed E-state index contributed by atoms with van der Waals surface area (Å²) in [4.78, 5) is 12.7. The first kappa shape index (κ1) is 25.0. The second kappa shape index (κ2) is 13.9. The van der Waals surface area contributed by atoms with Crippen molar-refractivity contribution >= 4 is 11.7 Å². The smallest absolute Gasteiger partial charge is 0.336 e. The topological polar surface area (TPSA) is 60.2 Å². The molecule has 1 unspecified atom stereocenters. The van der Waals surface area contributed by atoms with Crippen molar-refractivity contribution in [3.05, 3.63) is 54.6 Å². The zero-order chi connectivity index (χ0) is 22.4. The van der Waals surface area contributed by atoms with Gasteiger partial charge in [-0.25, -0.2) is 4.79 Å². The van der Waals surface area contributed by atoms with E-state index < -0.39 is 11.7 Å². The molecule has 0 amide bonds. The van der Waals surface area contributed by atoms with Gasteiger partial charge < -0.3 is 9.47 Å². The maximum Gasteiger partial charge on any atom is 0.336 e. The minimum Gasteiger partial charge on any atom is -0.449 e. The maximum atomic E-state index is 12.7. The van der Waals surface area contributed by atoms with E-state index in [9.17, 15) is 4.79 Å². The maximum absolute atomic E-state index is 12.7. The minimum atomic E-state index is -0.732. The van der Waals surface area contributed by atoms with E-state index in [1.54, 1.807) is 6.92 Å². The number of carbonyl (C=O) groups excluding carboxylic acids is 1. The number of unbranched alkanes of at least 4 members (excludes halogenated alkanes) is 5. The monoisotopic (exact) mass is 426 g/mol. The molecule has 1 aliphatic rings. The van der Waals surface area contributed by atoms with Gasteiger partial charge in [0.05, 0.1) is 5.69 Å². The normalized spacial score (nSPS) is 21.5. The Morgan fingerprint density at radius 3 is 2.35 bits per heavy atom. The summed E-state index contributed by atoms with van der Waals surface area (Å²) in [5.74, 6) is -0.316. The lowest BCUT2D eigenvalue weighted by Crippen LogP contribution is -2.37. The highest BCUT2D eigenvalue weighted by atomic mass is 16.6. The SMILES string of the molecule is CCCCCCCC1(OC(=O)C(C)OCCCC)C=CC(/N=N/c2ccccc2)C=C1. The number of hydrogen-bond donors (Lipinski definition) is 0. The van der Waals surface area contributed by atoms with Crippen LogP contribution in [0.2, 0.25) is 0 Å². The molecule has 1 atom stereocenters. The fourth-order valence-corrected chi connectivity index (χ4v) is 3.38. The lowest BCUT2D eigenvalue weighted by Gasteiger charge is -2.31. The molecule has 1 aromatic rings. The Morgan fingerprint density at radius 1 is 1.00 bits per heavy atom. The van der Waals surface area contributed by atoms with Gasteiger partial charge in [-0.2, -0.15) is 10.2 Å². The molecule has 0 bridgehead atoms. The Kier molecular flexibility index (Phi) is 11.2. The summed E-state index contributed by atoms with van der Waals surface area (Å²) in [6, 6.07) is 9.51. The molecule has 5 nitrogen and oxygen atoms in total. The van der Waals surface area contributed by atoms with E-state index in [0.29, 0.717) is 6.61 Å². The Bertz CT molecular complexity index is 713. The van der Waals surface area contributed by atoms with Gasteiger partial charge in [0.2, 0.25) is 0 Å². The molecule has 0 fully saturated rings. The van der Waals surface area contributed by atoms with Gasteiger partial charge >= 0.3 is 5.97 Å². The highest BCUT2D eigenvalue weighted by Gasteiger charge is 2.33. The van der Waals surface area contributed by atoms with Crippen LogP contribution in [0.4, 0.5) is 5.69 Å². The van der Waals surface area contributed by atoms with Crippen molar-refractivity contribution in [2.24, 2.45) is 10.2 Å². The van der Waals surface area contributed by atoms with Gasteiger partial charge in [-0.1, -0.05) is 76.3 Å². The van der Waals surface area contributed by atoms with E-state index in [0.717, 1.165) is 37.8 Å². The Morgan fingerprint density at radius 2 is 1.68 bits per heavy atom. The van der Waals surface area contributed by atoms with Crippen LogP contribution in [-0.4, -0.2) is 30.3 Å². The van der Waals surface area contributed by atoms with E-state index in [1.807, 2.05) is 54.6 Å². The van der Waals surface area contributed by atoms with Crippen LogP contribution in [0.5, 0.6) is 0 Å². The molecular weight excluding hydrogens is 388 g/mol. The summed E-state index contributed by atoms with van der Waals surface area (Å²) >= 11 is 0. The Hall–Kier alpha value is -2.27. The average Bonchev–Trinajstić information content (AvgIpc) is 2.79. The largest absolute Gasteiger partial charge is 0.449 e. The van der Waals surface area contributed by atoms with E-state index in [-0.39, 0.29) is 12.0 Å². The Balaban J connectivity index is 2.00. The second-order valence-electron chi connectivity index (χ2n) is 8.17. The fraction of sp³-hybridized carbons (Fsp3) is 0.577. The number of rotatable bonds is 14. The lowest BCUT2D eigenvalue weighted by molar-refractivity contribution is -0.164. The summed E-state index contributed by atoms with van der Waals surface area (Å²) in [7, 11) is 0. The molecule has 2 rings (SSSR count). The number of hydrogen-bond acceptors (Lipinski definition) is 5. The first-order valence-corrected chi connectivity index (χ1v) is 11.8. The third kappa shape index (κ3) is 9.18. The standard InChI is InChI=1S/C26H38N2O3/c1-4-6-8-9-13-18-26(31-25(29)22(3)30-21-7-5-2)19-16-24(17-20-26)28-27-23-14-11-10-12-15-23/h10-12,14-17,19-20,22,24H,4-9,13,18,21H2,1-3H3/b28-27+. The quantitative estimate of drug-likeness (QED) is 0.138. The molecule has 0 aliphatic heterocycles. The fourth-order valence-electron chi connectivity index (χ4n) is 3.38. The van der Waals surface area contributed by atoms with Crippen molar-refractivity contribution in [2.45, 2.75) is 89.9 Å². The van der Waals surface area contributed by atoms with Crippen molar-refractivity contribution in [1.29, 1.82) is 0 Å². The van der Waals surface area contributed by atoms with Crippen molar-refractivity contribution in [2.75, 3.05) is 6.61 Å². The van der Waals surface area contributed by atoms with Crippen molar-refractivity contribution in [3.8, 4) is 0 Å². The van der Waals surface area contributed by atoms with Crippen LogP contribution in [0.15, 0.2) is 64.9 Å². The molecule has 1 aromatic carbocycles. The highest BCUT2D eigenvalue weighted by Crippen LogP contribution is 2.29. The first-order valence-electron chi connectivity index (χ1n) is 11.8. The van der Waals surface area contributed by atoms with E-state index in [2.05, 4.69) is 24.1 Å². The summed E-state index contributed by atoms with van der Waals surface area (Å²) in [6.45, 7) is 6.65.